The fourth-order valence-electron chi connectivity index (χ4n) is 3.75. The van der Waals surface area contributed by atoms with Gasteiger partial charge in [0.2, 0.25) is 0 Å². The van der Waals surface area contributed by atoms with Gasteiger partial charge in [-0.3, -0.25) is 15.4 Å². The molecule has 0 spiro atoms. The number of carbonyl (C=O) groups excluding carboxylic acids is 2. The predicted octanol–water partition coefficient (Wildman–Crippen LogP) is 1.86. The summed E-state index contributed by atoms with van der Waals surface area (Å²) < 4.78 is 5.21. The summed E-state index contributed by atoms with van der Waals surface area (Å²) in [6, 6.07) is 5.63. The van der Waals surface area contributed by atoms with Crippen molar-refractivity contribution < 1.29 is 14.3 Å². The molecule has 0 aliphatic carbocycles. The van der Waals surface area contributed by atoms with Crippen LogP contribution in [0.25, 0.3) is 0 Å². The highest BCUT2D eigenvalue weighted by Crippen LogP contribution is 2.24. The van der Waals surface area contributed by atoms with Crippen molar-refractivity contribution in [3.8, 4) is 11.8 Å². The van der Waals surface area contributed by atoms with Crippen LogP contribution in [0.15, 0.2) is 41.2 Å². The third kappa shape index (κ3) is 4.79. The van der Waals surface area contributed by atoms with Crippen molar-refractivity contribution in [2.75, 3.05) is 46.7 Å². The first kappa shape index (κ1) is 23.4. The molecule has 0 aromatic heterocycles. The molecule has 0 saturated heterocycles. The van der Waals surface area contributed by atoms with E-state index in [9.17, 15) is 9.59 Å². The molecule has 3 amide bonds. The third-order valence-corrected chi connectivity index (χ3v) is 5.88. The first-order chi connectivity index (χ1) is 15.2. The lowest BCUT2D eigenvalue weighted by atomic mass is 10.0. The van der Waals surface area contributed by atoms with Crippen LogP contribution in [0, 0.1) is 11.8 Å². The summed E-state index contributed by atoms with van der Waals surface area (Å²) in [6.45, 7) is 5.23. The molecule has 32 heavy (non-hydrogen) atoms. The van der Waals surface area contributed by atoms with E-state index in [1.807, 2.05) is 46.1 Å². The van der Waals surface area contributed by atoms with Gasteiger partial charge >= 0.3 is 6.03 Å². The van der Waals surface area contributed by atoms with Crippen LogP contribution < -0.4 is 16.0 Å². The van der Waals surface area contributed by atoms with Crippen LogP contribution in [0.2, 0.25) is 0 Å². The number of carbonyl (C=O) groups is 2. The smallest absolute Gasteiger partial charge is 0.321 e. The Morgan fingerprint density at radius 2 is 2.00 bits per heavy atom. The maximum absolute atomic E-state index is 13.0. The Hall–Kier alpha value is -3.28. The van der Waals surface area contributed by atoms with E-state index >= 15 is 0 Å². The van der Waals surface area contributed by atoms with E-state index in [0.717, 1.165) is 22.4 Å². The highest BCUT2D eigenvalue weighted by atomic mass is 16.5. The first-order valence-corrected chi connectivity index (χ1v) is 10.5. The fourth-order valence-corrected chi connectivity index (χ4v) is 3.75. The minimum atomic E-state index is -0.785. The number of hydrogen-bond donors (Lipinski definition) is 3. The number of allylic oxidation sites excluding steroid dienone is 1. The van der Waals surface area contributed by atoms with Crippen LogP contribution in [0.1, 0.15) is 25.0 Å². The zero-order valence-corrected chi connectivity index (χ0v) is 19.5. The Bertz CT molecular complexity index is 1040. The number of ether oxygens (including phenoxy) is 1. The van der Waals surface area contributed by atoms with Crippen molar-refractivity contribution in [3.63, 3.8) is 0 Å². The summed E-state index contributed by atoms with van der Waals surface area (Å²) >= 11 is 0. The number of amides is 3. The van der Waals surface area contributed by atoms with Gasteiger partial charge in [-0.2, -0.15) is 0 Å². The number of rotatable bonds is 6. The highest BCUT2D eigenvalue weighted by molar-refractivity contribution is 5.99. The standard InChI is InChI=1S/C24H31N5O3/c1-16-13-29(22(30)20(16)11-17(2)32-6)15-24(25-3,26-4)10-9-18-7-8-21-19(12-18)14-28(5)23(31)27-21/h7-8,11-12,25-26H,13-15H2,1-6H3,(H,27,31)/b17-11+. The van der Waals surface area contributed by atoms with Crippen molar-refractivity contribution >= 4 is 17.6 Å². The van der Waals surface area contributed by atoms with Crippen molar-refractivity contribution in [1.82, 2.24) is 20.4 Å². The van der Waals surface area contributed by atoms with Gasteiger partial charge in [0.1, 0.15) is 0 Å². The van der Waals surface area contributed by atoms with E-state index in [-0.39, 0.29) is 11.9 Å². The van der Waals surface area contributed by atoms with Gasteiger partial charge in [0.05, 0.1) is 19.4 Å². The zero-order valence-electron chi connectivity index (χ0n) is 19.5. The average Bonchev–Trinajstić information content (AvgIpc) is 3.04. The average molecular weight is 438 g/mol. The molecule has 0 atom stereocenters. The zero-order chi connectivity index (χ0) is 23.5. The summed E-state index contributed by atoms with van der Waals surface area (Å²) in [5.41, 5.74) is 3.54. The summed E-state index contributed by atoms with van der Waals surface area (Å²) in [5.74, 6) is 7.16. The minimum absolute atomic E-state index is 0.0388. The van der Waals surface area contributed by atoms with Gasteiger partial charge in [-0.25, -0.2) is 4.79 Å². The molecule has 3 rings (SSSR count). The van der Waals surface area contributed by atoms with Crippen LogP contribution in [0.3, 0.4) is 0 Å². The van der Waals surface area contributed by atoms with Gasteiger partial charge in [-0.15, -0.1) is 0 Å². The molecular formula is C24H31N5O3. The molecule has 0 bridgehead atoms. The van der Waals surface area contributed by atoms with E-state index in [2.05, 4.69) is 27.8 Å². The molecule has 1 aromatic rings. The maximum Gasteiger partial charge on any atom is 0.321 e. The number of urea groups is 1. The van der Waals surface area contributed by atoms with E-state index in [1.165, 1.54) is 0 Å². The quantitative estimate of drug-likeness (QED) is 0.359. The summed E-state index contributed by atoms with van der Waals surface area (Å²) in [5, 5.41) is 9.34. The lowest BCUT2D eigenvalue weighted by Gasteiger charge is -2.32. The van der Waals surface area contributed by atoms with Gasteiger partial charge in [-0.1, -0.05) is 11.8 Å². The number of benzene rings is 1. The summed E-state index contributed by atoms with van der Waals surface area (Å²) in [6.07, 6.45) is 1.78. The molecule has 0 saturated carbocycles. The third-order valence-electron chi connectivity index (χ3n) is 5.88. The van der Waals surface area contributed by atoms with Gasteiger partial charge in [0.15, 0.2) is 5.66 Å². The minimum Gasteiger partial charge on any atom is -0.501 e. The van der Waals surface area contributed by atoms with E-state index in [1.54, 1.807) is 30.0 Å². The molecule has 170 valence electrons. The molecule has 2 heterocycles. The second-order valence-corrected chi connectivity index (χ2v) is 8.13. The topological polar surface area (TPSA) is 85.9 Å². The Labute approximate surface area is 189 Å². The van der Waals surface area contributed by atoms with E-state index in [0.29, 0.717) is 31.0 Å². The lowest BCUT2D eigenvalue weighted by molar-refractivity contribution is -0.126. The van der Waals surface area contributed by atoms with Gasteiger partial charge in [0, 0.05) is 37.0 Å². The Balaban J connectivity index is 1.81. The normalized spacial score (nSPS) is 16.6. The molecule has 1 aromatic carbocycles. The van der Waals surface area contributed by atoms with Crippen molar-refractivity contribution in [1.29, 1.82) is 0 Å². The van der Waals surface area contributed by atoms with Crippen LogP contribution in [0.4, 0.5) is 10.5 Å². The second kappa shape index (κ2) is 9.47. The molecule has 0 radical (unpaired) electrons. The first-order valence-electron chi connectivity index (χ1n) is 10.5. The van der Waals surface area contributed by atoms with Crippen molar-refractivity contribution in [3.05, 3.63) is 52.3 Å². The van der Waals surface area contributed by atoms with Gasteiger partial charge in [0.25, 0.3) is 5.91 Å². The Morgan fingerprint density at radius 3 is 2.66 bits per heavy atom. The molecule has 2 aliphatic heterocycles. The number of hydrogen-bond acceptors (Lipinski definition) is 5. The van der Waals surface area contributed by atoms with Crippen molar-refractivity contribution in [2.45, 2.75) is 26.1 Å². The molecule has 2 aliphatic rings. The fraction of sp³-hybridized carbons (Fsp3) is 0.417. The predicted molar refractivity (Wildman–Crippen MR) is 125 cm³/mol. The summed E-state index contributed by atoms with van der Waals surface area (Å²) in [7, 11) is 6.98. The SMILES string of the molecule is CNC(C#Cc1ccc2c(c1)CN(C)C(=O)N2)(CN1CC(C)=C(/C=C(\C)OC)C1=O)NC. The van der Waals surface area contributed by atoms with Gasteiger partial charge < -0.3 is 19.9 Å². The molecule has 8 nitrogen and oxygen atoms in total. The molecular weight excluding hydrogens is 406 g/mol. The number of likely N-dealkylation sites (N-methyl/N-ethyl adjacent to an activating group) is 2. The van der Waals surface area contributed by atoms with Gasteiger partial charge in [-0.05, 0) is 63.4 Å². The number of nitrogens with zero attached hydrogens (tertiary/aromatic N) is 2. The number of fused-ring (bicyclic) bond motifs is 1. The monoisotopic (exact) mass is 437 g/mol. The van der Waals surface area contributed by atoms with E-state index < -0.39 is 5.66 Å². The lowest BCUT2D eigenvalue weighted by Crippen LogP contribution is -2.60. The number of methoxy groups -OCH3 is 1. The highest BCUT2D eigenvalue weighted by Gasteiger charge is 2.34. The number of anilines is 1. The second-order valence-electron chi connectivity index (χ2n) is 8.13. The molecule has 0 unspecified atom stereocenters. The van der Waals surface area contributed by atoms with E-state index in [4.69, 9.17) is 4.74 Å². The molecule has 3 N–H and O–H groups in total. The van der Waals surface area contributed by atoms with Crippen molar-refractivity contribution in [2.24, 2.45) is 0 Å². The molecule has 0 fully saturated rings. The van der Waals surface area contributed by atoms with Crippen LogP contribution in [-0.2, 0) is 16.1 Å². The maximum atomic E-state index is 13.0. The van der Waals surface area contributed by atoms with Crippen LogP contribution in [-0.4, -0.2) is 68.7 Å². The Kier molecular flexibility index (Phi) is 6.92. The Morgan fingerprint density at radius 1 is 1.28 bits per heavy atom. The van der Waals surface area contributed by atoms with Crippen LogP contribution >= 0.6 is 0 Å². The number of nitrogens with one attached hydrogen (secondary N) is 3. The summed E-state index contributed by atoms with van der Waals surface area (Å²) in [4.78, 5) is 28.2. The van der Waals surface area contributed by atoms with Crippen LogP contribution in [0.5, 0.6) is 0 Å². The largest absolute Gasteiger partial charge is 0.501 e. The molecule has 8 heteroatoms.